The smallest absolute Gasteiger partial charge is 0.293 e. The number of hydrogen-bond donors (Lipinski definition) is 1. The molecule has 0 bridgehead atoms. The van der Waals surface area contributed by atoms with Crippen molar-refractivity contribution < 1.29 is 14.5 Å². The summed E-state index contributed by atoms with van der Waals surface area (Å²) in [6, 6.07) is 11.5. The summed E-state index contributed by atoms with van der Waals surface area (Å²) in [5, 5.41) is 15.6. The second kappa shape index (κ2) is 10.2. The number of hydrogen-bond acceptors (Lipinski definition) is 6. The van der Waals surface area contributed by atoms with Crippen molar-refractivity contribution >= 4 is 34.8 Å². The Morgan fingerprint density at radius 2 is 1.58 bits per heavy atom. The van der Waals surface area contributed by atoms with Crippen LogP contribution in [0.4, 0.5) is 11.4 Å². The molecule has 33 heavy (non-hydrogen) atoms. The third-order valence-electron chi connectivity index (χ3n) is 6.03. The van der Waals surface area contributed by atoms with Gasteiger partial charge in [-0.3, -0.25) is 19.7 Å². The molecule has 9 nitrogen and oxygen atoms in total. The lowest BCUT2D eigenvalue weighted by molar-refractivity contribution is -0.384. The predicted octanol–water partition coefficient (Wildman–Crippen LogP) is 2.65. The number of nitrogens with zero attached hydrogens (tertiary/aromatic N) is 4. The lowest BCUT2D eigenvalue weighted by Gasteiger charge is -2.36. The Hall–Kier alpha value is -3.17. The molecule has 0 spiro atoms. The van der Waals surface area contributed by atoms with E-state index < -0.39 is 4.92 Å². The van der Waals surface area contributed by atoms with Gasteiger partial charge >= 0.3 is 0 Å². The predicted molar refractivity (Wildman–Crippen MR) is 126 cm³/mol. The molecule has 0 aliphatic carbocycles. The summed E-state index contributed by atoms with van der Waals surface area (Å²) >= 11 is 6.00. The first-order valence-corrected chi connectivity index (χ1v) is 11.4. The molecule has 2 aromatic carbocycles. The van der Waals surface area contributed by atoms with E-state index >= 15 is 0 Å². The quantitative estimate of drug-likeness (QED) is 0.543. The Morgan fingerprint density at radius 3 is 2.27 bits per heavy atom. The molecule has 2 amide bonds. The van der Waals surface area contributed by atoms with Crippen molar-refractivity contribution in [1.29, 1.82) is 0 Å². The summed E-state index contributed by atoms with van der Waals surface area (Å²) in [5.74, 6) is -0.301. The van der Waals surface area contributed by atoms with Gasteiger partial charge in [0.2, 0.25) is 0 Å². The van der Waals surface area contributed by atoms with Crippen molar-refractivity contribution in [2.24, 2.45) is 0 Å². The Kier molecular flexibility index (Phi) is 7.10. The van der Waals surface area contributed by atoms with Gasteiger partial charge in [0.1, 0.15) is 5.69 Å². The van der Waals surface area contributed by atoms with Crippen LogP contribution in [0.25, 0.3) is 0 Å². The van der Waals surface area contributed by atoms with E-state index in [9.17, 15) is 19.7 Å². The number of halogens is 1. The number of rotatable bonds is 4. The van der Waals surface area contributed by atoms with Gasteiger partial charge in [-0.15, -0.1) is 0 Å². The Bertz CT molecular complexity index is 1050. The SMILES string of the molecule is O=C(c1ccc(N2CCN(C(=O)c3cccc(Cl)c3)CC2)c([N+](=O)[O-])c1)N1CCCNCC1. The third-order valence-corrected chi connectivity index (χ3v) is 6.26. The number of nitro benzene ring substituents is 1. The topological polar surface area (TPSA) is 99.0 Å². The zero-order valence-electron chi connectivity index (χ0n) is 18.2. The van der Waals surface area contributed by atoms with Crippen LogP contribution in [0.5, 0.6) is 0 Å². The minimum atomic E-state index is -0.445. The van der Waals surface area contributed by atoms with Crippen molar-refractivity contribution in [1.82, 2.24) is 15.1 Å². The van der Waals surface area contributed by atoms with Crippen LogP contribution in [0.3, 0.4) is 0 Å². The Labute approximate surface area is 197 Å². The van der Waals surface area contributed by atoms with Crippen molar-refractivity contribution in [3.63, 3.8) is 0 Å². The molecular formula is C23H26ClN5O4. The summed E-state index contributed by atoms with van der Waals surface area (Å²) < 4.78 is 0. The lowest BCUT2D eigenvalue weighted by Crippen LogP contribution is -2.49. The van der Waals surface area contributed by atoms with Gasteiger partial charge in [0.15, 0.2) is 0 Å². The van der Waals surface area contributed by atoms with E-state index in [2.05, 4.69) is 5.32 Å². The fourth-order valence-electron chi connectivity index (χ4n) is 4.26. The minimum absolute atomic E-state index is 0.0941. The largest absolute Gasteiger partial charge is 0.362 e. The number of piperazine rings is 1. The van der Waals surface area contributed by atoms with Gasteiger partial charge in [-0.05, 0) is 43.3 Å². The van der Waals surface area contributed by atoms with E-state index in [1.54, 1.807) is 46.2 Å². The summed E-state index contributed by atoms with van der Waals surface area (Å²) in [7, 11) is 0. The van der Waals surface area contributed by atoms with Crippen LogP contribution in [-0.4, -0.2) is 78.9 Å². The van der Waals surface area contributed by atoms with Crippen LogP contribution in [0.15, 0.2) is 42.5 Å². The highest BCUT2D eigenvalue weighted by molar-refractivity contribution is 6.30. The minimum Gasteiger partial charge on any atom is -0.362 e. The van der Waals surface area contributed by atoms with Crippen LogP contribution >= 0.6 is 11.6 Å². The van der Waals surface area contributed by atoms with E-state index in [1.165, 1.54) is 6.07 Å². The van der Waals surface area contributed by atoms with E-state index in [-0.39, 0.29) is 17.5 Å². The molecule has 174 valence electrons. The second-order valence-corrected chi connectivity index (χ2v) is 8.58. The first-order valence-electron chi connectivity index (χ1n) is 11.0. The molecule has 0 aromatic heterocycles. The number of nitrogens with one attached hydrogen (secondary N) is 1. The normalized spacial score (nSPS) is 16.9. The molecule has 4 rings (SSSR count). The van der Waals surface area contributed by atoms with Crippen LogP contribution in [-0.2, 0) is 0 Å². The van der Waals surface area contributed by atoms with Gasteiger partial charge in [0.25, 0.3) is 17.5 Å². The van der Waals surface area contributed by atoms with Gasteiger partial charge in [-0.1, -0.05) is 17.7 Å². The number of amides is 2. The molecule has 0 atom stereocenters. The molecule has 2 heterocycles. The van der Waals surface area contributed by atoms with Crippen LogP contribution in [0, 0.1) is 10.1 Å². The zero-order chi connectivity index (χ0) is 23.4. The first-order chi connectivity index (χ1) is 15.9. The van der Waals surface area contributed by atoms with Crippen molar-refractivity contribution in [3.8, 4) is 0 Å². The number of nitro groups is 1. The standard InChI is InChI=1S/C23H26ClN5O4/c24-19-4-1-3-17(15-19)22(30)28-13-11-26(12-14-28)20-6-5-18(16-21(20)29(32)33)23(31)27-9-2-7-25-8-10-27/h1,3-6,15-16,25H,2,7-14H2. The van der Waals surface area contributed by atoms with E-state index in [0.29, 0.717) is 67.7 Å². The fraction of sp³-hybridized carbons (Fsp3) is 0.391. The van der Waals surface area contributed by atoms with Crippen LogP contribution in [0.1, 0.15) is 27.1 Å². The van der Waals surface area contributed by atoms with E-state index in [1.807, 2.05) is 4.90 Å². The third kappa shape index (κ3) is 5.26. The number of benzene rings is 2. The molecule has 2 aliphatic rings. The molecule has 2 aliphatic heterocycles. The fourth-order valence-corrected chi connectivity index (χ4v) is 4.45. The van der Waals surface area contributed by atoms with Crippen LogP contribution < -0.4 is 10.2 Å². The maximum absolute atomic E-state index is 12.9. The number of carbonyl (C=O) groups excluding carboxylic acids is 2. The monoisotopic (exact) mass is 471 g/mol. The summed E-state index contributed by atoms with van der Waals surface area (Å²) in [4.78, 5) is 42.4. The maximum Gasteiger partial charge on any atom is 0.293 e. The van der Waals surface area contributed by atoms with E-state index in [4.69, 9.17) is 11.6 Å². The molecule has 0 radical (unpaired) electrons. The first kappa shape index (κ1) is 23.0. The average Bonchev–Trinajstić information content (AvgIpc) is 3.12. The molecule has 1 N–H and O–H groups in total. The summed E-state index contributed by atoms with van der Waals surface area (Å²) in [6.45, 7) is 4.56. The number of carbonyl (C=O) groups is 2. The molecule has 0 saturated carbocycles. The van der Waals surface area contributed by atoms with Gasteiger partial charge in [-0.25, -0.2) is 0 Å². The summed E-state index contributed by atoms with van der Waals surface area (Å²) in [5.41, 5.74) is 1.21. The van der Waals surface area contributed by atoms with Crippen LogP contribution in [0.2, 0.25) is 5.02 Å². The van der Waals surface area contributed by atoms with Gasteiger partial charge in [-0.2, -0.15) is 0 Å². The lowest BCUT2D eigenvalue weighted by atomic mass is 10.1. The highest BCUT2D eigenvalue weighted by atomic mass is 35.5. The maximum atomic E-state index is 12.9. The van der Waals surface area contributed by atoms with Crippen molar-refractivity contribution in [3.05, 3.63) is 68.7 Å². The molecular weight excluding hydrogens is 446 g/mol. The second-order valence-electron chi connectivity index (χ2n) is 8.15. The van der Waals surface area contributed by atoms with Crippen molar-refractivity contribution in [2.45, 2.75) is 6.42 Å². The Morgan fingerprint density at radius 1 is 0.879 bits per heavy atom. The van der Waals surface area contributed by atoms with Gasteiger partial charge in [0, 0.05) is 68.0 Å². The van der Waals surface area contributed by atoms with Gasteiger partial charge < -0.3 is 20.0 Å². The highest BCUT2D eigenvalue weighted by Crippen LogP contribution is 2.31. The average molecular weight is 472 g/mol. The Balaban J connectivity index is 1.47. The number of anilines is 1. The van der Waals surface area contributed by atoms with Crippen molar-refractivity contribution in [2.75, 3.05) is 57.3 Å². The highest BCUT2D eigenvalue weighted by Gasteiger charge is 2.28. The molecule has 2 saturated heterocycles. The van der Waals surface area contributed by atoms with E-state index in [0.717, 1.165) is 13.0 Å². The molecule has 0 unspecified atom stereocenters. The van der Waals surface area contributed by atoms with Gasteiger partial charge in [0.05, 0.1) is 4.92 Å². The molecule has 10 heteroatoms. The summed E-state index contributed by atoms with van der Waals surface area (Å²) in [6.07, 6.45) is 0.851. The molecule has 2 fully saturated rings. The zero-order valence-corrected chi connectivity index (χ0v) is 19.0. The molecule has 2 aromatic rings.